The third kappa shape index (κ3) is 1.29. The zero-order valence-electron chi connectivity index (χ0n) is 3.07. The Labute approximate surface area is 47.9 Å². The molecule has 6 heavy (non-hydrogen) atoms. The Kier molecular flexibility index (Phi) is 2.90. The van der Waals surface area contributed by atoms with Gasteiger partial charge in [-0.25, -0.2) is 0 Å². The van der Waals surface area contributed by atoms with Crippen LogP contribution in [-0.4, -0.2) is 4.98 Å². The van der Waals surface area contributed by atoms with Crippen LogP contribution in [0.5, 0.6) is 0 Å². The summed E-state index contributed by atoms with van der Waals surface area (Å²) in [6.07, 6.45) is 4.78. The van der Waals surface area contributed by atoms with E-state index in [9.17, 15) is 0 Å². The van der Waals surface area contributed by atoms with Gasteiger partial charge in [0.1, 0.15) is 0 Å². The largest absolute Gasteiger partial charge is 2.00 e. The molecule has 1 aromatic rings. The number of aromatic nitrogens is 2. The maximum absolute atomic E-state index is 3.61. The van der Waals surface area contributed by atoms with Crippen LogP contribution >= 0.6 is 0 Å². The van der Waals surface area contributed by atoms with Gasteiger partial charge in [0.2, 0.25) is 0 Å². The van der Waals surface area contributed by atoms with Crippen molar-refractivity contribution in [3.05, 3.63) is 18.7 Å². The standard InChI is InChI=1S/C3H3N2.V/c1-2-5-3-4-1;/h1-3H;/q-1;+2. The van der Waals surface area contributed by atoms with Gasteiger partial charge >= 0.3 is 18.6 Å². The normalized spacial score (nSPS) is 6.67. The quantitative estimate of drug-likeness (QED) is 0.480. The van der Waals surface area contributed by atoms with Crippen LogP contribution in [0.4, 0.5) is 0 Å². The monoisotopic (exact) mass is 118 g/mol. The fraction of sp³-hybridized carbons (Fsp3) is 0. The topological polar surface area (TPSA) is 27.0 Å². The van der Waals surface area contributed by atoms with Gasteiger partial charge in [-0.1, -0.05) is 18.7 Å². The van der Waals surface area contributed by atoms with E-state index < -0.39 is 0 Å². The molecular weight excluding hydrogens is 115 g/mol. The van der Waals surface area contributed by atoms with Gasteiger partial charge < -0.3 is 9.97 Å². The van der Waals surface area contributed by atoms with Gasteiger partial charge in [0.25, 0.3) is 0 Å². The van der Waals surface area contributed by atoms with Gasteiger partial charge in [-0.05, 0) is 0 Å². The first kappa shape index (κ1) is 5.79. The van der Waals surface area contributed by atoms with Crippen molar-refractivity contribution in [1.82, 2.24) is 9.97 Å². The number of imidazole rings is 1. The summed E-state index contributed by atoms with van der Waals surface area (Å²) in [5.41, 5.74) is 0. The molecule has 1 rings (SSSR count). The number of hydrogen-bond donors (Lipinski definition) is 0. The van der Waals surface area contributed by atoms with E-state index >= 15 is 0 Å². The van der Waals surface area contributed by atoms with Crippen LogP contribution in [0.3, 0.4) is 0 Å². The molecule has 0 spiro atoms. The van der Waals surface area contributed by atoms with Crippen LogP contribution in [0.1, 0.15) is 0 Å². The molecule has 0 fully saturated rings. The SMILES string of the molecule is [V+2].c1c[n-]cn1. The van der Waals surface area contributed by atoms with Crippen LogP contribution in [0.2, 0.25) is 0 Å². The summed E-state index contributed by atoms with van der Waals surface area (Å²) in [5.74, 6) is 0. The van der Waals surface area contributed by atoms with Crippen LogP contribution < -0.4 is 4.98 Å². The second-order valence-electron chi connectivity index (χ2n) is 0.712. The van der Waals surface area contributed by atoms with Gasteiger partial charge in [0.15, 0.2) is 0 Å². The molecule has 1 aromatic heterocycles. The summed E-state index contributed by atoms with van der Waals surface area (Å²) in [6, 6.07) is 0. The molecule has 1 heterocycles. The van der Waals surface area contributed by atoms with Crippen LogP contribution in [-0.2, 0) is 18.6 Å². The molecular formula is C3H3N2V+. The summed E-state index contributed by atoms with van der Waals surface area (Å²) in [4.78, 5) is 7.22. The first-order valence-corrected chi connectivity index (χ1v) is 1.37. The van der Waals surface area contributed by atoms with Crippen molar-refractivity contribution in [2.75, 3.05) is 0 Å². The summed E-state index contributed by atoms with van der Waals surface area (Å²) in [6.45, 7) is 0. The molecule has 2 nitrogen and oxygen atoms in total. The Balaban J connectivity index is 0.000000250. The molecule has 0 aliphatic heterocycles. The van der Waals surface area contributed by atoms with E-state index in [4.69, 9.17) is 0 Å². The molecule has 0 amide bonds. The predicted molar refractivity (Wildman–Crippen MR) is 17.6 cm³/mol. The Hall–Kier alpha value is -0.206. The third-order valence-corrected chi connectivity index (χ3v) is 0.372. The summed E-state index contributed by atoms with van der Waals surface area (Å²) < 4.78 is 0. The Morgan fingerprint density at radius 1 is 1.50 bits per heavy atom. The molecule has 0 N–H and O–H groups in total. The van der Waals surface area contributed by atoms with Crippen molar-refractivity contribution in [2.24, 2.45) is 0 Å². The van der Waals surface area contributed by atoms with E-state index in [2.05, 4.69) is 9.97 Å². The first-order valence-electron chi connectivity index (χ1n) is 1.37. The molecule has 0 aliphatic rings. The number of nitrogens with zero attached hydrogens (tertiary/aromatic N) is 2. The molecule has 0 atom stereocenters. The Bertz CT molecular complexity index is 65.3. The van der Waals surface area contributed by atoms with Crippen molar-refractivity contribution < 1.29 is 18.6 Å². The van der Waals surface area contributed by atoms with E-state index in [1.54, 1.807) is 12.4 Å². The molecule has 0 bridgehead atoms. The second kappa shape index (κ2) is 3.00. The Morgan fingerprint density at radius 3 is 2.50 bits per heavy atom. The van der Waals surface area contributed by atoms with Crippen molar-refractivity contribution >= 4 is 0 Å². The maximum Gasteiger partial charge on any atom is 2.00 e. The zero-order chi connectivity index (χ0) is 3.54. The third-order valence-electron chi connectivity index (χ3n) is 0.372. The van der Waals surface area contributed by atoms with Gasteiger partial charge in [-0.15, -0.1) is 0 Å². The van der Waals surface area contributed by atoms with Gasteiger partial charge in [0, 0.05) is 0 Å². The van der Waals surface area contributed by atoms with Gasteiger partial charge in [-0.2, -0.15) is 0 Å². The van der Waals surface area contributed by atoms with Crippen molar-refractivity contribution in [2.45, 2.75) is 0 Å². The number of hydrogen-bond acceptors (Lipinski definition) is 1. The second-order valence-corrected chi connectivity index (χ2v) is 0.712. The average Bonchev–Trinajstić information content (AvgIpc) is 1.76. The number of rotatable bonds is 0. The van der Waals surface area contributed by atoms with E-state index in [-0.39, 0.29) is 18.6 Å². The Morgan fingerprint density at radius 2 is 2.33 bits per heavy atom. The van der Waals surface area contributed by atoms with E-state index in [1.165, 1.54) is 6.33 Å². The molecule has 0 aliphatic carbocycles. The molecule has 1 radical (unpaired) electrons. The van der Waals surface area contributed by atoms with Crippen molar-refractivity contribution in [3.8, 4) is 0 Å². The van der Waals surface area contributed by atoms with E-state index in [0.717, 1.165) is 0 Å². The zero-order valence-corrected chi connectivity index (χ0v) is 4.47. The molecule has 3 heteroatoms. The van der Waals surface area contributed by atoms with Crippen molar-refractivity contribution in [3.63, 3.8) is 0 Å². The van der Waals surface area contributed by atoms with E-state index in [1.807, 2.05) is 0 Å². The predicted octanol–water partition coefficient (Wildman–Crippen LogP) is 0.0363. The minimum Gasteiger partial charge on any atom is -0.450 e. The summed E-state index contributed by atoms with van der Waals surface area (Å²) in [5, 5.41) is 0. The van der Waals surface area contributed by atoms with Gasteiger partial charge in [-0.3, -0.25) is 0 Å². The van der Waals surface area contributed by atoms with Gasteiger partial charge in [0.05, 0.1) is 0 Å². The first-order chi connectivity index (χ1) is 2.50. The fourth-order valence-corrected chi connectivity index (χ4v) is 0.192. The minimum atomic E-state index is 0. The molecule has 0 unspecified atom stereocenters. The molecule has 0 aromatic carbocycles. The maximum atomic E-state index is 3.61. The van der Waals surface area contributed by atoms with E-state index in [0.29, 0.717) is 0 Å². The summed E-state index contributed by atoms with van der Waals surface area (Å²) >= 11 is 0. The smallest absolute Gasteiger partial charge is 0.450 e. The molecule has 0 saturated heterocycles. The van der Waals surface area contributed by atoms with Crippen LogP contribution in [0, 0.1) is 0 Å². The molecule has 29 valence electrons. The minimum absolute atomic E-state index is 0. The fourth-order valence-electron chi connectivity index (χ4n) is 0.192. The van der Waals surface area contributed by atoms with Crippen LogP contribution in [0.15, 0.2) is 18.7 Å². The van der Waals surface area contributed by atoms with Crippen molar-refractivity contribution in [1.29, 1.82) is 0 Å². The molecule has 0 saturated carbocycles. The van der Waals surface area contributed by atoms with Crippen LogP contribution in [0.25, 0.3) is 0 Å². The average molecular weight is 118 g/mol. The summed E-state index contributed by atoms with van der Waals surface area (Å²) in [7, 11) is 0.